The first-order valence-electron chi connectivity index (χ1n) is 8.68. The molecule has 0 fully saturated rings. The zero-order valence-corrected chi connectivity index (χ0v) is 16.0. The fourth-order valence-electron chi connectivity index (χ4n) is 2.64. The molecular formula is C18H19N5O4S. The van der Waals surface area contributed by atoms with E-state index in [2.05, 4.69) is 15.5 Å². The highest BCUT2D eigenvalue weighted by Gasteiger charge is 2.16. The Balaban J connectivity index is 1.62. The number of thiophene rings is 1. The fourth-order valence-corrected chi connectivity index (χ4v) is 3.28. The minimum Gasteiger partial charge on any atom is -0.419 e. The molecule has 0 aliphatic rings. The van der Waals surface area contributed by atoms with Crippen LogP contribution < -0.4 is 5.32 Å². The average Bonchev–Trinajstić information content (AvgIpc) is 3.33. The summed E-state index contributed by atoms with van der Waals surface area (Å²) in [7, 11) is 0. The Kier molecular flexibility index (Phi) is 6.45. The van der Waals surface area contributed by atoms with Crippen molar-refractivity contribution in [3.8, 4) is 10.8 Å². The van der Waals surface area contributed by atoms with Gasteiger partial charge in [0.05, 0.1) is 22.9 Å². The van der Waals surface area contributed by atoms with E-state index >= 15 is 0 Å². The Labute approximate surface area is 165 Å². The van der Waals surface area contributed by atoms with Crippen molar-refractivity contribution in [3.05, 3.63) is 57.8 Å². The number of amides is 1. The minimum absolute atomic E-state index is 0.0739. The molecule has 10 heteroatoms. The van der Waals surface area contributed by atoms with Crippen LogP contribution in [0, 0.1) is 10.1 Å². The van der Waals surface area contributed by atoms with E-state index in [-0.39, 0.29) is 18.1 Å². The second kappa shape index (κ2) is 9.20. The standard InChI is InChI=1S/C18H19N5O4S/c1-2-8-22(12-17-20-21-18(27-17)15-7-4-9-28-15)11-16(24)19-13-5-3-6-14(10-13)23(25)26/h3-7,9-10H,2,8,11-12H2,1H3,(H,19,24). The summed E-state index contributed by atoms with van der Waals surface area (Å²) in [5, 5.41) is 23.6. The number of benzene rings is 1. The van der Waals surface area contributed by atoms with E-state index < -0.39 is 4.92 Å². The van der Waals surface area contributed by atoms with Crippen LogP contribution >= 0.6 is 11.3 Å². The van der Waals surface area contributed by atoms with E-state index in [0.29, 0.717) is 30.6 Å². The Hall–Kier alpha value is -3.11. The molecule has 0 spiro atoms. The molecule has 0 unspecified atom stereocenters. The van der Waals surface area contributed by atoms with Gasteiger partial charge >= 0.3 is 0 Å². The number of hydrogen-bond donors (Lipinski definition) is 1. The normalized spacial score (nSPS) is 10.9. The monoisotopic (exact) mass is 401 g/mol. The molecule has 0 aliphatic carbocycles. The number of nitro benzene ring substituents is 1. The molecular weight excluding hydrogens is 382 g/mol. The molecule has 0 saturated carbocycles. The first-order chi connectivity index (χ1) is 13.5. The zero-order chi connectivity index (χ0) is 19.9. The van der Waals surface area contributed by atoms with Gasteiger partial charge in [-0.1, -0.05) is 19.1 Å². The Morgan fingerprint density at radius 1 is 1.32 bits per heavy atom. The Morgan fingerprint density at radius 3 is 2.89 bits per heavy atom. The van der Waals surface area contributed by atoms with E-state index in [4.69, 9.17) is 4.42 Å². The van der Waals surface area contributed by atoms with E-state index in [9.17, 15) is 14.9 Å². The highest BCUT2D eigenvalue weighted by molar-refractivity contribution is 7.13. The lowest BCUT2D eigenvalue weighted by atomic mass is 10.3. The summed E-state index contributed by atoms with van der Waals surface area (Å²) < 4.78 is 5.69. The van der Waals surface area contributed by atoms with Crippen molar-refractivity contribution >= 4 is 28.6 Å². The summed E-state index contributed by atoms with van der Waals surface area (Å²) in [6.07, 6.45) is 0.843. The molecule has 3 rings (SSSR count). The lowest BCUT2D eigenvalue weighted by Crippen LogP contribution is -2.33. The molecule has 2 heterocycles. The van der Waals surface area contributed by atoms with Crippen molar-refractivity contribution < 1.29 is 14.1 Å². The highest BCUT2D eigenvalue weighted by Crippen LogP contribution is 2.23. The topological polar surface area (TPSA) is 114 Å². The van der Waals surface area contributed by atoms with Crippen molar-refractivity contribution in [2.75, 3.05) is 18.4 Å². The second-order valence-electron chi connectivity index (χ2n) is 6.04. The van der Waals surface area contributed by atoms with E-state index in [1.165, 1.54) is 29.5 Å². The summed E-state index contributed by atoms with van der Waals surface area (Å²) in [6.45, 7) is 3.12. The van der Waals surface area contributed by atoms with Crippen LogP contribution in [0.25, 0.3) is 10.8 Å². The number of hydrogen-bond acceptors (Lipinski definition) is 8. The maximum atomic E-state index is 12.4. The molecule has 1 N–H and O–H groups in total. The van der Waals surface area contributed by atoms with Crippen LogP contribution in [0.4, 0.5) is 11.4 Å². The third kappa shape index (κ3) is 5.21. The van der Waals surface area contributed by atoms with Gasteiger partial charge in [-0.15, -0.1) is 21.5 Å². The molecule has 1 amide bonds. The van der Waals surface area contributed by atoms with Gasteiger partial charge in [0.1, 0.15) is 0 Å². The van der Waals surface area contributed by atoms with Crippen LogP contribution in [0.15, 0.2) is 46.2 Å². The predicted molar refractivity (Wildman–Crippen MR) is 105 cm³/mol. The molecule has 0 bridgehead atoms. The van der Waals surface area contributed by atoms with E-state index in [1.807, 2.05) is 29.3 Å². The van der Waals surface area contributed by atoms with E-state index in [0.717, 1.165) is 11.3 Å². The summed E-state index contributed by atoms with van der Waals surface area (Å²) >= 11 is 1.51. The smallest absolute Gasteiger partial charge is 0.271 e. The van der Waals surface area contributed by atoms with Gasteiger partial charge in [-0.3, -0.25) is 19.8 Å². The Bertz CT molecular complexity index is 941. The first-order valence-corrected chi connectivity index (χ1v) is 9.56. The average molecular weight is 401 g/mol. The maximum Gasteiger partial charge on any atom is 0.271 e. The quantitative estimate of drug-likeness (QED) is 0.431. The van der Waals surface area contributed by atoms with Crippen LogP contribution in [-0.4, -0.2) is 39.0 Å². The van der Waals surface area contributed by atoms with Crippen molar-refractivity contribution in [3.63, 3.8) is 0 Å². The predicted octanol–water partition coefficient (Wildman–Crippen LogP) is 3.56. The van der Waals surface area contributed by atoms with Crippen LogP contribution in [-0.2, 0) is 11.3 Å². The highest BCUT2D eigenvalue weighted by atomic mass is 32.1. The number of rotatable bonds is 9. The van der Waals surface area contributed by atoms with Crippen molar-refractivity contribution in [2.45, 2.75) is 19.9 Å². The van der Waals surface area contributed by atoms with Gasteiger partial charge in [0.2, 0.25) is 11.8 Å². The summed E-state index contributed by atoms with van der Waals surface area (Å²) in [6, 6.07) is 9.65. The van der Waals surface area contributed by atoms with Gasteiger partial charge in [-0.05, 0) is 30.5 Å². The number of nitro groups is 1. The molecule has 3 aromatic rings. The maximum absolute atomic E-state index is 12.4. The van der Waals surface area contributed by atoms with Crippen LogP contribution in [0.2, 0.25) is 0 Å². The first kappa shape index (κ1) is 19.6. The molecule has 28 heavy (non-hydrogen) atoms. The third-order valence-corrected chi connectivity index (χ3v) is 4.66. The zero-order valence-electron chi connectivity index (χ0n) is 15.2. The molecule has 0 saturated heterocycles. The molecule has 2 aromatic heterocycles. The number of non-ortho nitro benzene ring substituents is 1. The van der Waals surface area contributed by atoms with Crippen molar-refractivity contribution in [2.24, 2.45) is 0 Å². The summed E-state index contributed by atoms with van der Waals surface area (Å²) in [5.74, 6) is 0.620. The van der Waals surface area contributed by atoms with Crippen molar-refractivity contribution in [1.82, 2.24) is 15.1 Å². The van der Waals surface area contributed by atoms with Crippen molar-refractivity contribution in [1.29, 1.82) is 0 Å². The third-order valence-electron chi connectivity index (χ3n) is 3.81. The largest absolute Gasteiger partial charge is 0.419 e. The second-order valence-corrected chi connectivity index (χ2v) is 6.99. The number of nitrogens with zero attached hydrogens (tertiary/aromatic N) is 4. The summed E-state index contributed by atoms with van der Waals surface area (Å²) in [4.78, 5) is 25.5. The van der Waals surface area contributed by atoms with Gasteiger partial charge in [-0.2, -0.15) is 0 Å². The van der Waals surface area contributed by atoms with Gasteiger partial charge < -0.3 is 9.73 Å². The number of carbonyl (C=O) groups is 1. The van der Waals surface area contributed by atoms with Gasteiger partial charge in [0.15, 0.2) is 0 Å². The Morgan fingerprint density at radius 2 is 2.18 bits per heavy atom. The molecule has 0 radical (unpaired) electrons. The fraction of sp³-hybridized carbons (Fsp3) is 0.278. The van der Waals surface area contributed by atoms with Crippen LogP contribution in [0.5, 0.6) is 0 Å². The molecule has 146 valence electrons. The minimum atomic E-state index is -0.500. The molecule has 9 nitrogen and oxygen atoms in total. The van der Waals surface area contributed by atoms with Gasteiger partial charge in [-0.25, -0.2) is 0 Å². The number of nitrogens with one attached hydrogen (secondary N) is 1. The van der Waals surface area contributed by atoms with Crippen LogP contribution in [0.3, 0.4) is 0 Å². The molecule has 0 aliphatic heterocycles. The van der Waals surface area contributed by atoms with Gasteiger partial charge in [0, 0.05) is 17.8 Å². The number of anilines is 1. The van der Waals surface area contributed by atoms with Gasteiger partial charge in [0.25, 0.3) is 11.6 Å². The SMILES string of the molecule is CCCN(CC(=O)Nc1cccc([N+](=O)[O-])c1)Cc1nnc(-c2cccs2)o1. The number of carbonyl (C=O) groups excluding carboxylic acids is 1. The lowest BCUT2D eigenvalue weighted by molar-refractivity contribution is -0.384. The molecule has 0 atom stereocenters. The lowest BCUT2D eigenvalue weighted by Gasteiger charge is -2.19. The van der Waals surface area contributed by atoms with E-state index in [1.54, 1.807) is 6.07 Å². The summed E-state index contributed by atoms with van der Waals surface area (Å²) in [5.41, 5.74) is 0.309. The molecule has 1 aromatic carbocycles. The number of aromatic nitrogens is 2. The van der Waals surface area contributed by atoms with Crippen LogP contribution in [0.1, 0.15) is 19.2 Å².